The molecule has 26 heavy (non-hydrogen) atoms. The van der Waals surface area contributed by atoms with Crippen molar-refractivity contribution >= 4 is 40.1 Å². The molecule has 3 aromatic rings. The average Bonchev–Trinajstić information content (AvgIpc) is 2.62. The number of fused-ring (bicyclic) bond motifs is 1. The molecule has 0 spiro atoms. The Labute approximate surface area is 158 Å². The second kappa shape index (κ2) is 6.83. The molecule has 3 rings (SSSR count). The highest BCUT2D eigenvalue weighted by molar-refractivity contribution is 6.42. The second-order valence-electron chi connectivity index (χ2n) is 5.54. The van der Waals surface area contributed by atoms with Gasteiger partial charge in [0.25, 0.3) is 0 Å². The van der Waals surface area contributed by atoms with Gasteiger partial charge in [-0.05, 0) is 31.2 Å². The molecule has 2 aromatic carbocycles. The third kappa shape index (κ3) is 2.74. The summed E-state index contributed by atoms with van der Waals surface area (Å²) in [6.07, 6.45) is 0. The van der Waals surface area contributed by atoms with Crippen molar-refractivity contribution < 1.29 is 9.90 Å². The van der Waals surface area contributed by atoms with E-state index in [0.717, 1.165) is 0 Å². The number of nitriles is 1. The summed E-state index contributed by atoms with van der Waals surface area (Å²) >= 11 is 12.0. The SMILES string of the molecule is CCn1c(-c2ccc(Cl)c(Cl)c2)c(C(=O)O)c(=O)c2c(C#N)cccc21. The summed E-state index contributed by atoms with van der Waals surface area (Å²) in [5, 5.41) is 19.7. The molecule has 0 bridgehead atoms. The Bertz CT molecular complexity index is 1160. The fraction of sp³-hybridized carbons (Fsp3) is 0.105. The molecular formula is C19H12Cl2N2O3. The van der Waals surface area contributed by atoms with Crippen molar-refractivity contribution in [1.29, 1.82) is 5.26 Å². The second-order valence-corrected chi connectivity index (χ2v) is 6.36. The van der Waals surface area contributed by atoms with Crippen LogP contribution in [0.1, 0.15) is 22.8 Å². The van der Waals surface area contributed by atoms with Crippen molar-refractivity contribution in [2.24, 2.45) is 0 Å². The molecule has 0 aliphatic carbocycles. The topological polar surface area (TPSA) is 83.1 Å². The molecule has 0 fully saturated rings. The van der Waals surface area contributed by atoms with E-state index in [2.05, 4.69) is 0 Å². The minimum atomic E-state index is -1.37. The van der Waals surface area contributed by atoms with Crippen molar-refractivity contribution in [3.63, 3.8) is 0 Å². The molecule has 0 aliphatic rings. The number of halogens is 2. The number of carboxylic acid groups (broad SMARTS) is 1. The summed E-state index contributed by atoms with van der Waals surface area (Å²) in [5.74, 6) is -1.37. The third-order valence-electron chi connectivity index (χ3n) is 4.14. The summed E-state index contributed by atoms with van der Waals surface area (Å²) in [4.78, 5) is 24.9. The highest BCUT2D eigenvalue weighted by Crippen LogP contribution is 2.32. The van der Waals surface area contributed by atoms with E-state index in [1.807, 2.05) is 13.0 Å². The minimum absolute atomic E-state index is 0.0954. The van der Waals surface area contributed by atoms with Crippen LogP contribution >= 0.6 is 23.2 Å². The number of benzene rings is 2. The molecule has 0 saturated carbocycles. The third-order valence-corrected chi connectivity index (χ3v) is 4.88. The number of carboxylic acids is 1. The van der Waals surface area contributed by atoms with Gasteiger partial charge in [0.1, 0.15) is 5.56 Å². The maximum absolute atomic E-state index is 13.0. The van der Waals surface area contributed by atoms with E-state index in [9.17, 15) is 20.0 Å². The van der Waals surface area contributed by atoms with Gasteiger partial charge in [0.15, 0.2) is 0 Å². The van der Waals surface area contributed by atoms with E-state index in [-0.39, 0.29) is 21.7 Å². The van der Waals surface area contributed by atoms with Crippen LogP contribution < -0.4 is 5.43 Å². The van der Waals surface area contributed by atoms with Gasteiger partial charge in [-0.15, -0.1) is 0 Å². The fourth-order valence-corrected chi connectivity index (χ4v) is 3.35. The molecular weight excluding hydrogens is 375 g/mol. The van der Waals surface area contributed by atoms with Crippen molar-refractivity contribution in [1.82, 2.24) is 4.57 Å². The van der Waals surface area contributed by atoms with Crippen molar-refractivity contribution in [3.05, 3.63) is 67.8 Å². The van der Waals surface area contributed by atoms with E-state index < -0.39 is 17.0 Å². The number of aromatic nitrogens is 1. The Morgan fingerprint density at radius 2 is 1.96 bits per heavy atom. The largest absolute Gasteiger partial charge is 0.477 e. The predicted molar refractivity (Wildman–Crippen MR) is 101 cm³/mol. The maximum Gasteiger partial charge on any atom is 0.341 e. The highest BCUT2D eigenvalue weighted by Gasteiger charge is 2.24. The molecule has 0 unspecified atom stereocenters. The minimum Gasteiger partial charge on any atom is -0.477 e. The molecule has 0 aliphatic heterocycles. The van der Waals surface area contributed by atoms with Gasteiger partial charge in [0.05, 0.1) is 38.3 Å². The molecule has 0 amide bonds. The van der Waals surface area contributed by atoms with E-state index in [4.69, 9.17) is 23.2 Å². The first-order valence-electron chi connectivity index (χ1n) is 7.69. The summed E-state index contributed by atoms with van der Waals surface area (Å²) in [6, 6.07) is 11.5. The zero-order valence-corrected chi connectivity index (χ0v) is 15.1. The van der Waals surface area contributed by atoms with E-state index in [0.29, 0.717) is 22.6 Å². The Kier molecular flexibility index (Phi) is 4.73. The molecule has 0 radical (unpaired) electrons. The number of aromatic carboxylic acids is 1. The van der Waals surface area contributed by atoms with Crippen LogP contribution in [0.5, 0.6) is 0 Å². The van der Waals surface area contributed by atoms with Gasteiger partial charge in [0.2, 0.25) is 5.43 Å². The fourth-order valence-electron chi connectivity index (χ4n) is 3.06. The first kappa shape index (κ1) is 18.0. The molecule has 1 aromatic heterocycles. The average molecular weight is 387 g/mol. The van der Waals surface area contributed by atoms with Gasteiger partial charge >= 0.3 is 5.97 Å². The van der Waals surface area contributed by atoms with E-state index in [1.165, 1.54) is 12.1 Å². The van der Waals surface area contributed by atoms with Crippen molar-refractivity contribution in [2.75, 3.05) is 0 Å². The first-order valence-corrected chi connectivity index (χ1v) is 8.44. The highest BCUT2D eigenvalue weighted by atomic mass is 35.5. The number of rotatable bonds is 3. The van der Waals surface area contributed by atoms with E-state index >= 15 is 0 Å². The van der Waals surface area contributed by atoms with Gasteiger partial charge < -0.3 is 9.67 Å². The van der Waals surface area contributed by atoms with Crippen LogP contribution in [0.2, 0.25) is 10.0 Å². The van der Waals surface area contributed by atoms with Crippen LogP contribution in [0.25, 0.3) is 22.2 Å². The van der Waals surface area contributed by atoms with Crippen LogP contribution in [0.15, 0.2) is 41.2 Å². The smallest absolute Gasteiger partial charge is 0.341 e. The van der Waals surface area contributed by atoms with Crippen LogP contribution in [0, 0.1) is 11.3 Å². The van der Waals surface area contributed by atoms with Gasteiger partial charge in [-0.1, -0.05) is 35.3 Å². The Morgan fingerprint density at radius 3 is 2.54 bits per heavy atom. The number of aryl methyl sites for hydroxylation is 1. The summed E-state index contributed by atoms with van der Waals surface area (Å²) in [5.41, 5.74) is 0.211. The Hall–Kier alpha value is -2.81. The quantitative estimate of drug-likeness (QED) is 0.714. The normalized spacial score (nSPS) is 10.7. The Balaban J connectivity index is 2.59. The first-order chi connectivity index (χ1) is 12.4. The van der Waals surface area contributed by atoms with Crippen LogP contribution in [-0.2, 0) is 6.54 Å². The predicted octanol–water partition coefficient (Wildman–Crippen LogP) is 4.57. The standard InChI is InChI=1S/C19H12Cl2N2O3/c1-2-23-14-5-3-4-11(9-22)15(14)18(24)16(19(25)26)17(23)10-6-7-12(20)13(21)8-10/h3-8H,2H2,1H3,(H,25,26). The molecule has 0 saturated heterocycles. The lowest BCUT2D eigenvalue weighted by Crippen LogP contribution is -2.22. The number of pyridine rings is 1. The number of hydrogen-bond acceptors (Lipinski definition) is 3. The van der Waals surface area contributed by atoms with Crippen molar-refractivity contribution in [3.8, 4) is 17.3 Å². The van der Waals surface area contributed by atoms with Crippen LogP contribution in [0.4, 0.5) is 0 Å². The molecule has 0 atom stereocenters. The zero-order chi connectivity index (χ0) is 19.0. The molecule has 130 valence electrons. The van der Waals surface area contributed by atoms with Gasteiger partial charge in [-0.25, -0.2) is 4.79 Å². The van der Waals surface area contributed by atoms with Gasteiger partial charge in [0, 0.05) is 12.1 Å². The number of carbonyl (C=O) groups is 1. The van der Waals surface area contributed by atoms with Gasteiger partial charge in [-0.2, -0.15) is 5.26 Å². The zero-order valence-electron chi connectivity index (χ0n) is 13.6. The molecule has 7 heteroatoms. The number of nitrogens with zero attached hydrogens (tertiary/aromatic N) is 2. The molecule has 1 heterocycles. The lowest BCUT2D eigenvalue weighted by molar-refractivity contribution is 0.0696. The summed E-state index contributed by atoms with van der Waals surface area (Å²) < 4.78 is 1.70. The van der Waals surface area contributed by atoms with Crippen molar-refractivity contribution in [2.45, 2.75) is 13.5 Å². The lowest BCUT2D eigenvalue weighted by Gasteiger charge is -2.19. The molecule has 1 N–H and O–H groups in total. The monoisotopic (exact) mass is 386 g/mol. The Morgan fingerprint density at radius 1 is 1.23 bits per heavy atom. The van der Waals surface area contributed by atoms with Crippen LogP contribution in [-0.4, -0.2) is 15.6 Å². The lowest BCUT2D eigenvalue weighted by atomic mass is 9.99. The van der Waals surface area contributed by atoms with Crippen LogP contribution in [0.3, 0.4) is 0 Å². The maximum atomic E-state index is 13.0. The number of hydrogen-bond donors (Lipinski definition) is 1. The summed E-state index contributed by atoms with van der Waals surface area (Å²) in [6.45, 7) is 2.22. The van der Waals surface area contributed by atoms with Gasteiger partial charge in [-0.3, -0.25) is 4.79 Å². The van der Waals surface area contributed by atoms with E-state index in [1.54, 1.807) is 28.8 Å². The molecule has 5 nitrogen and oxygen atoms in total. The summed E-state index contributed by atoms with van der Waals surface area (Å²) in [7, 11) is 0.